The van der Waals surface area contributed by atoms with Crippen molar-refractivity contribution in [1.82, 2.24) is 9.88 Å². The van der Waals surface area contributed by atoms with E-state index in [4.69, 9.17) is 0 Å². The smallest absolute Gasteiger partial charge is 0.220 e. The predicted octanol–water partition coefficient (Wildman–Crippen LogP) is 2.93. The molecule has 0 atom stereocenters. The largest absolute Gasteiger partial charge is 0.356 e. The van der Waals surface area contributed by atoms with Crippen LogP contribution in [-0.2, 0) is 24.7 Å². The van der Waals surface area contributed by atoms with Gasteiger partial charge in [-0.1, -0.05) is 30.3 Å². The molecule has 21 heavy (non-hydrogen) atoms. The van der Waals surface area contributed by atoms with Crippen LogP contribution in [0.5, 0.6) is 0 Å². The Morgan fingerprint density at radius 3 is 2.48 bits per heavy atom. The van der Waals surface area contributed by atoms with E-state index in [1.165, 1.54) is 22.5 Å². The number of hydrogen-bond acceptors (Lipinski definition) is 1. The number of rotatable bonds is 6. The van der Waals surface area contributed by atoms with Gasteiger partial charge < -0.3 is 9.88 Å². The van der Waals surface area contributed by atoms with Crippen molar-refractivity contribution in [2.75, 3.05) is 6.54 Å². The van der Waals surface area contributed by atoms with Crippen molar-refractivity contribution >= 4 is 5.91 Å². The summed E-state index contributed by atoms with van der Waals surface area (Å²) in [6, 6.07) is 12.3. The van der Waals surface area contributed by atoms with Crippen molar-refractivity contribution in [2.45, 2.75) is 33.1 Å². The molecule has 1 aromatic carbocycles. The molecule has 1 aromatic heterocycles. The van der Waals surface area contributed by atoms with Crippen molar-refractivity contribution in [2.24, 2.45) is 7.05 Å². The summed E-state index contributed by atoms with van der Waals surface area (Å²) in [5.41, 5.74) is 5.07. The number of amides is 1. The molecule has 0 spiro atoms. The zero-order chi connectivity index (χ0) is 15.2. The summed E-state index contributed by atoms with van der Waals surface area (Å²) in [7, 11) is 2.08. The first-order valence-corrected chi connectivity index (χ1v) is 7.50. The van der Waals surface area contributed by atoms with Gasteiger partial charge >= 0.3 is 0 Å². The molecule has 0 bridgehead atoms. The van der Waals surface area contributed by atoms with Crippen molar-refractivity contribution in [3.8, 4) is 0 Å². The second kappa shape index (κ2) is 7.11. The lowest BCUT2D eigenvalue weighted by molar-refractivity contribution is -0.121. The van der Waals surface area contributed by atoms with Crippen LogP contribution in [-0.4, -0.2) is 17.0 Å². The molecule has 2 aromatic rings. The second-order valence-corrected chi connectivity index (χ2v) is 5.54. The van der Waals surface area contributed by atoms with E-state index in [0.717, 1.165) is 12.8 Å². The van der Waals surface area contributed by atoms with Gasteiger partial charge in [-0.25, -0.2) is 0 Å². The summed E-state index contributed by atoms with van der Waals surface area (Å²) in [5.74, 6) is 0.129. The average molecular weight is 284 g/mol. The van der Waals surface area contributed by atoms with Gasteiger partial charge in [0.05, 0.1) is 0 Å². The fraction of sp³-hybridized carbons (Fsp3) is 0.389. The number of carbonyl (C=O) groups excluding carboxylic acids is 1. The maximum absolute atomic E-state index is 11.8. The highest BCUT2D eigenvalue weighted by Gasteiger charge is 2.07. The minimum atomic E-state index is 0.129. The molecule has 0 aliphatic rings. The standard InChI is InChI=1S/C18H24N2O/c1-14-13-17(15(2)20(14)3)11-12-19-18(21)10-9-16-7-5-4-6-8-16/h4-8,13H,9-12H2,1-3H3,(H,19,21). The first kappa shape index (κ1) is 15.4. The molecule has 3 heteroatoms. The highest BCUT2D eigenvalue weighted by Crippen LogP contribution is 2.13. The van der Waals surface area contributed by atoms with E-state index in [1.54, 1.807) is 0 Å². The lowest BCUT2D eigenvalue weighted by Crippen LogP contribution is -2.26. The first-order chi connectivity index (χ1) is 10.1. The molecule has 3 nitrogen and oxygen atoms in total. The van der Waals surface area contributed by atoms with E-state index in [-0.39, 0.29) is 5.91 Å². The van der Waals surface area contributed by atoms with Crippen molar-refractivity contribution in [3.05, 3.63) is 58.9 Å². The highest BCUT2D eigenvalue weighted by atomic mass is 16.1. The topological polar surface area (TPSA) is 34.0 Å². The van der Waals surface area contributed by atoms with Gasteiger partial charge in [0, 0.05) is 31.4 Å². The van der Waals surface area contributed by atoms with E-state index < -0.39 is 0 Å². The average Bonchev–Trinajstić information content (AvgIpc) is 2.74. The Hall–Kier alpha value is -2.03. The maximum Gasteiger partial charge on any atom is 0.220 e. The zero-order valence-corrected chi connectivity index (χ0v) is 13.1. The molecule has 0 saturated carbocycles. The lowest BCUT2D eigenvalue weighted by atomic mass is 10.1. The highest BCUT2D eigenvalue weighted by molar-refractivity contribution is 5.76. The molecule has 0 unspecified atom stereocenters. The van der Waals surface area contributed by atoms with Crippen LogP contribution >= 0.6 is 0 Å². The number of nitrogens with one attached hydrogen (secondary N) is 1. The number of carbonyl (C=O) groups is 1. The Kier molecular flexibility index (Phi) is 5.20. The minimum absolute atomic E-state index is 0.129. The van der Waals surface area contributed by atoms with Crippen molar-refractivity contribution < 1.29 is 4.79 Å². The summed E-state index contributed by atoms with van der Waals surface area (Å²) in [6.45, 7) is 4.94. The number of benzene rings is 1. The minimum Gasteiger partial charge on any atom is -0.356 e. The Balaban J connectivity index is 1.73. The molecule has 0 saturated heterocycles. The predicted molar refractivity (Wildman–Crippen MR) is 86.4 cm³/mol. The van der Waals surface area contributed by atoms with Gasteiger partial charge in [0.15, 0.2) is 0 Å². The summed E-state index contributed by atoms with van der Waals surface area (Å²) < 4.78 is 2.19. The van der Waals surface area contributed by atoms with E-state index >= 15 is 0 Å². The van der Waals surface area contributed by atoms with Gasteiger partial charge in [-0.05, 0) is 43.9 Å². The third kappa shape index (κ3) is 4.22. The van der Waals surface area contributed by atoms with Gasteiger partial charge in [-0.3, -0.25) is 4.79 Å². The lowest BCUT2D eigenvalue weighted by Gasteiger charge is -2.06. The summed E-state index contributed by atoms with van der Waals surface area (Å²) in [5, 5.41) is 3.01. The third-order valence-corrected chi connectivity index (χ3v) is 4.08. The Bertz CT molecular complexity index is 599. The third-order valence-electron chi connectivity index (χ3n) is 4.08. The quantitative estimate of drug-likeness (QED) is 0.869. The Morgan fingerprint density at radius 2 is 1.86 bits per heavy atom. The van der Waals surface area contributed by atoms with Gasteiger partial charge in [-0.2, -0.15) is 0 Å². The van der Waals surface area contributed by atoms with Crippen LogP contribution in [0, 0.1) is 13.8 Å². The molecule has 0 radical (unpaired) electrons. The molecule has 112 valence electrons. The van der Waals surface area contributed by atoms with Crippen LogP contribution < -0.4 is 5.32 Å². The summed E-state index contributed by atoms with van der Waals surface area (Å²) in [4.78, 5) is 11.8. The van der Waals surface area contributed by atoms with E-state index in [9.17, 15) is 4.79 Å². The van der Waals surface area contributed by atoms with Crippen LogP contribution in [0.25, 0.3) is 0 Å². The summed E-state index contributed by atoms with van der Waals surface area (Å²) in [6.07, 6.45) is 2.25. The molecule has 1 N–H and O–H groups in total. The molecule has 0 fully saturated rings. The number of aryl methyl sites for hydroxylation is 2. The van der Waals surface area contributed by atoms with Crippen molar-refractivity contribution in [1.29, 1.82) is 0 Å². The van der Waals surface area contributed by atoms with Crippen LogP contribution in [0.1, 0.15) is 28.9 Å². The monoisotopic (exact) mass is 284 g/mol. The van der Waals surface area contributed by atoms with E-state index in [0.29, 0.717) is 13.0 Å². The van der Waals surface area contributed by atoms with Crippen molar-refractivity contribution in [3.63, 3.8) is 0 Å². The Labute approximate surface area is 127 Å². The molecule has 1 heterocycles. The van der Waals surface area contributed by atoms with E-state index in [2.05, 4.69) is 49.0 Å². The first-order valence-electron chi connectivity index (χ1n) is 7.50. The second-order valence-electron chi connectivity index (χ2n) is 5.54. The van der Waals surface area contributed by atoms with E-state index in [1.807, 2.05) is 18.2 Å². The number of hydrogen-bond donors (Lipinski definition) is 1. The van der Waals surface area contributed by atoms with Crippen LogP contribution in [0.2, 0.25) is 0 Å². The van der Waals surface area contributed by atoms with Gasteiger partial charge in [0.25, 0.3) is 0 Å². The fourth-order valence-corrected chi connectivity index (χ4v) is 2.51. The molecule has 0 aliphatic heterocycles. The fourth-order valence-electron chi connectivity index (χ4n) is 2.51. The normalized spacial score (nSPS) is 10.6. The summed E-state index contributed by atoms with van der Waals surface area (Å²) >= 11 is 0. The molecule has 0 aliphatic carbocycles. The maximum atomic E-state index is 11.8. The van der Waals surface area contributed by atoms with Gasteiger partial charge in [-0.15, -0.1) is 0 Å². The van der Waals surface area contributed by atoms with Crippen LogP contribution in [0.4, 0.5) is 0 Å². The molecular formula is C18H24N2O. The van der Waals surface area contributed by atoms with Crippen LogP contribution in [0.3, 0.4) is 0 Å². The number of nitrogens with zero attached hydrogens (tertiary/aromatic N) is 1. The zero-order valence-electron chi connectivity index (χ0n) is 13.1. The molecule has 2 rings (SSSR count). The molecule has 1 amide bonds. The van der Waals surface area contributed by atoms with Crippen LogP contribution in [0.15, 0.2) is 36.4 Å². The van der Waals surface area contributed by atoms with Gasteiger partial charge in [0.1, 0.15) is 0 Å². The number of aromatic nitrogens is 1. The Morgan fingerprint density at radius 1 is 1.14 bits per heavy atom. The SMILES string of the molecule is Cc1cc(CCNC(=O)CCc2ccccc2)c(C)n1C. The molecular weight excluding hydrogens is 260 g/mol. The van der Waals surface area contributed by atoms with Gasteiger partial charge in [0.2, 0.25) is 5.91 Å².